The summed E-state index contributed by atoms with van der Waals surface area (Å²) in [6.07, 6.45) is 7.82. The zero-order chi connectivity index (χ0) is 11.4. The van der Waals surface area contributed by atoms with Crippen molar-refractivity contribution in [3.8, 4) is 0 Å². The van der Waals surface area contributed by atoms with Gasteiger partial charge in [-0.3, -0.25) is 4.79 Å². The fourth-order valence-corrected chi connectivity index (χ4v) is 2.20. The third-order valence-electron chi connectivity index (χ3n) is 3.17. The topological polar surface area (TPSA) is 17.1 Å². The van der Waals surface area contributed by atoms with Crippen LogP contribution in [-0.2, 0) is 0 Å². The Bertz CT molecular complexity index is 415. The van der Waals surface area contributed by atoms with Crippen LogP contribution >= 0.6 is 0 Å². The second-order valence-electron chi connectivity index (χ2n) is 4.33. The van der Waals surface area contributed by atoms with E-state index in [0.717, 1.165) is 12.0 Å². The van der Waals surface area contributed by atoms with Crippen molar-refractivity contribution in [1.29, 1.82) is 0 Å². The van der Waals surface area contributed by atoms with Gasteiger partial charge in [-0.05, 0) is 42.9 Å². The maximum atomic E-state index is 11.6. The van der Waals surface area contributed by atoms with Gasteiger partial charge in [-0.15, -0.1) is 0 Å². The number of carbonyl (C=O) groups is 1. The van der Waals surface area contributed by atoms with Gasteiger partial charge in [0.1, 0.15) is 0 Å². The molecule has 0 N–H and O–H groups in total. The van der Waals surface area contributed by atoms with Gasteiger partial charge < -0.3 is 0 Å². The van der Waals surface area contributed by atoms with Gasteiger partial charge in [0.25, 0.3) is 0 Å². The Morgan fingerprint density at radius 3 is 2.88 bits per heavy atom. The molecule has 84 valence electrons. The van der Waals surface area contributed by atoms with Gasteiger partial charge in [0.15, 0.2) is 5.78 Å². The molecule has 0 radical (unpaired) electrons. The van der Waals surface area contributed by atoms with Crippen LogP contribution in [0, 0.1) is 0 Å². The number of ketones is 1. The fourth-order valence-electron chi connectivity index (χ4n) is 2.20. The highest BCUT2D eigenvalue weighted by atomic mass is 16.1. The van der Waals surface area contributed by atoms with Crippen molar-refractivity contribution in [3.63, 3.8) is 0 Å². The number of hydrogen-bond acceptors (Lipinski definition) is 1. The summed E-state index contributed by atoms with van der Waals surface area (Å²) < 4.78 is 0. The Balaban J connectivity index is 2.28. The van der Waals surface area contributed by atoms with Crippen LogP contribution in [-0.4, -0.2) is 5.78 Å². The molecule has 1 heteroatoms. The van der Waals surface area contributed by atoms with Gasteiger partial charge in [0, 0.05) is 12.0 Å². The SMILES string of the molecule is CCC(=O)c1cccc(C2=CCCCC2)c1. The molecule has 0 aliphatic heterocycles. The second kappa shape index (κ2) is 5.11. The lowest BCUT2D eigenvalue weighted by Crippen LogP contribution is -1.98. The molecule has 0 heterocycles. The highest BCUT2D eigenvalue weighted by Crippen LogP contribution is 2.27. The van der Waals surface area contributed by atoms with E-state index in [1.54, 1.807) is 0 Å². The molecule has 1 aliphatic carbocycles. The van der Waals surface area contributed by atoms with Crippen LogP contribution in [0.2, 0.25) is 0 Å². The maximum absolute atomic E-state index is 11.6. The standard InChI is InChI=1S/C15H18O/c1-2-15(16)14-10-6-9-13(11-14)12-7-4-3-5-8-12/h6-7,9-11H,2-5,8H2,1H3. The van der Waals surface area contributed by atoms with E-state index in [4.69, 9.17) is 0 Å². The summed E-state index contributed by atoms with van der Waals surface area (Å²) in [4.78, 5) is 11.6. The zero-order valence-electron chi connectivity index (χ0n) is 9.83. The quantitative estimate of drug-likeness (QED) is 0.688. The smallest absolute Gasteiger partial charge is 0.162 e. The second-order valence-corrected chi connectivity index (χ2v) is 4.33. The molecule has 0 unspecified atom stereocenters. The van der Waals surface area contributed by atoms with Gasteiger partial charge in [0.2, 0.25) is 0 Å². The van der Waals surface area contributed by atoms with Crippen LogP contribution in [0.1, 0.15) is 54.9 Å². The molecule has 2 rings (SSSR count). The molecule has 1 aromatic carbocycles. The monoisotopic (exact) mass is 214 g/mol. The molecule has 0 saturated heterocycles. The van der Waals surface area contributed by atoms with E-state index in [2.05, 4.69) is 12.1 Å². The fraction of sp³-hybridized carbons (Fsp3) is 0.400. The maximum Gasteiger partial charge on any atom is 0.162 e. The molecular weight excluding hydrogens is 196 g/mol. The van der Waals surface area contributed by atoms with Crippen LogP contribution in [0.3, 0.4) is 0 Å². The van der Waals surface area contributed by atoms with E-state index in [9.17, 15) is 4.79 Å². The lowest BCUT2D eigenvalue weighted by molar-refractivity contribution is 0.0988. The average molecular weight is 214 g/mol. The van der Waals surface area contributed by atoms with Crippen LogP contribution in [0.15, 0.2) is 30.3 Å². The molecule has 0 aromatic heterocycles. The summed E-state index contributed by atoms with van der Waals surface area (Å²) in [5, 5.41) is 0. The van der Waals surface area contributed by atoms with Gasteiger partial charge in [0.05, 0.1) is 0 Å². The molecule has 0 bridgehead atoms. The molecule has 0 atom stereocenters. The van der Waals surface area contributed by atoms with E-state index >= 15 is 0 Å². The molecule has 0 spiro atoms. The van der Waals surface area contributed by atoms with Crippen molar-refractivity contribution in [1.82, 2.24) is 0 Å². The lowest BCUT2D eigenvalue weighted by atomic mass is 9.92. The minimum absolute atomic E-state index is 0.234. The summed E-state index contributed by atoms with van der Waals surface area (Å²) >= 11 is 0. The van der Waals surface area contributed by atoms with Gasteiger partial charge in [-0.25, -0.2) is 0 Å². The molecule has 1 nitrogen and oxygen atoms in total. The molecular formula is C15H18O. The first kappa shape index (κ1) is 11.1. The predicted molar refractivity (Wildman–Crippen MR) is 67.5 cm³/mol. The number of rotatable bonds is 3. The van der Waals surface area contributed by atoms with E-state index in [1.165, 1.54) is 30.4 Å². The highest BCUT2D eigenvalue weighted by molar-refractivity contribution is 5.96. The number of benzene rings is 1. The van der Waals surface area contributed by atoms with E-state index in [0.29, 0.717) is 6.42 Å². The van der Waals surface area contributed by atoms with Crippen molar-refractivity contribution >= 4 is 11.4 Å². The average Bonchev–Trinajstić information content (AvgIpc) is 2.39. The molecule has 0 fully saturated rings. The minimum atomic E-state index is 0.234. The first-order valence-corrected chi connectivity index (χ1v) is 6.14. The summed E-state index contributed by atoms with van der Waals surface area (Å²) in [7, 11) is 0. The summed E-state index contributed by atoms with van der Waals surface area (Å²) in [5.74, 6) is 0.234. The van der Waals surface area contributed by atoms with Crippen LogP contribution in [0.4, 0.5) is 0 Å². The third-order valence-corrected chi connectivity index (χ3v) is 3.17. The van der Waals surface area contributed by atoms with Crippen LogP contribution < -0.4 is 0 Å². The summed E-state index contributed by atoms with van der Waals surface area (Å²) in [6, 6.07) is 8.07. The van der Waals surface area contributed by atoms with E-state index < -0.39 is 0 Å². The molecule has 1 aliphatic rings. The van der Waals surface area contributed by atoms with E-state index in [-0.39, 0.29) is 5.78 Å². The summed E-state index contributed by atoms with van der Waals surface area (Å²) in [5.41, 5.74) is 3.50. The van der Waals surface area contributed by atoms with Gasteiger partial charge in [-0.1, -0.05) is 31.2 Å². The van der Waals surface area contributed by atoms with Crippen LogP contribution in [0.25, 0.3) is 5.57 Å². The normalized spacial score (nSPS) is 15.7. The summed E-state index contributed by atoms with van der Waals surface area (Å²) in [6.45, 7) is 1.91. The Hall–Kier alpha value is -1.37. The lowest BCUT2D eigenvalue weighted by Gasteiger charge is -2.13. The van der Waals surface area contributed by atoms with Crippen molar-refractivity contribution in [2.24, 2.45) is 0 Å². The van der Waals surface area contributed by atoms with Gasteiger partial charge in [-0.2, -0.15) is 0 Å². The third kappa shape index (κ3) is 2.41. The first-order chi connectivity index (χ1) is 7.81. The Labute approximate surface area is 97.2 Å². The Morgan fingerprint density at radius 1 is 1.31 bits per heavy atom. The van der Waals surface area contributed by atoms with Crippen molar-refractivity contribution in [2.45, 2.75) is 39.0 Å². The van der Waals surface area contributed by atoms with Gasteiger partial charge >= 0.3 is 0 Å². The van der Waals surface area contributed by atoms with Crippen LogP contribution in [0.5, 0.6) is 0 Å². The number of Topliss-reactive ketones (excluding diaryl/α,β-unsaturated/α-hetero) is 1. The first-order valence-electron chi connectivity index (χ1n) is 6.14. The Morgan fingerprint density at radius 2 is 2.19 bits per heavy atom. The van der Waals surface area contributed by atoms with Crippen molar-refractivity contribution in [2.75, 3.05) is 0 Å². The molecule has 0 saturated carbocycles. The molecule has 0 amide bonds. The van der Waals surface area contributed by atoms with E-state index in [1.807, 2.05) is 25.1 Å². The number of carbonyl (C=O) groups excluding carboxylic acids is 1. The molecule has 16 heavy (non-hydrogen) atoms. The molecule has 1 aromatic rings. The Kier molecular flexibility index (Phi) is 3.55. The number of allylic oxidation sites excluding steroid dienone is 2. The van der Waals surface area contributed by atoms with Crippen molar-refractivity contribution < 1.29 is 4.79 Å². The number of hydrogen-bond donors (Lipinski definition) is 0. The largest absolute Gasteiger partial charge is 0.294 e. The highest BCUT2D eigenvalue weighted by Gasteiger charge is 2.08. The predicted octanol–water partition coefficient (Wildman–Crippen LogP) is 4.24. The van der Waals surface area contributed by atoms with Crippen molar-refractivity contribution in [3.05, 3.63) is 41.5 Å². The minimum Gasteiger partial charge on any atom is -0.294 e. The zero-order valence-corrected chi connectivity index (χ0v) is 9.83.